The van der Waals surface area contributed by atoms with Crippen molar-refractivity contribution in [2.45, 2.75) is 26.4 Å². The molecule has 0 aromatic heterocycles. The van der Waals surface area contributed by atoms with E-state index < -0.39 is 6.10 Å². The standard InChI is InChI=1S/C14H19Br2NO3/c1-9(2)5-11(18)7-17-14(19)8-20-13-4-3-10(15)6-12(13)16/h3-4,6,9,11,18H,5,7-8H2,1-2H3,(H,17,19). The maximum atomic E-state index is 11.6. The quantitative estimate of drug-likeness (QED) is 0.728. The average molecular weight is 409 g/mol. The number of carbonyl (C=O) groups is 1. The molecule has 112 valence electrons. The lowest BCUT2D eigenvalue weighted by Crippen LogP contribution is -2.35. The van der Waals surface area contributed by atoms with Gasteiger partial charge in [0.15, 0.2) is 6.61 Å². The van der Waals surface area contributed by atoms with E-state index >= 15 is 0 Å². The molecule has 1 aromatic carbocycles. The summed E-state index contributed by atoms with van der Waals surface area (Å²) in [7, 11) is 0. The van der Waals surface area contributed by atoms with Gasteiger partial charge in [-0.25, -0.2) is 0 Å². The van der Waals surface area contributed by atoms with Crippen molar-refractivity contribution < 1.29 is 14.6 Å². The zero-order valence-electron chi connectivity index (χ0n) is 11.5. The summed E-state index contributed by atoms with van der Waals surface area (Å²) >= 11 is 6.70. The minimum Gasteiger partial charge on any atom is -0.483 e. The molecule has 1 amide bonds. The molecule has 0 saturated carbocycles. The molecule has 2 N–H and O–H groups in total. The van der Waals surface area contributed by atoms with E-state index in [9.17, 15) is 9.90 Å². The van der Waals surface area contributed by atoms with Gasteiger partial charge in [0.25, 0.3) is 5.91 Å². The highest BCUT2D eigenvalue weighted by molar-refractivity contribution is 9.11. The first-order valence-corrected chi connectivity index (χ1v) is 7.99. The topological polar surface area (TPSA) is 58.6 Å². The number of nitrogens with one attached hydrogen (secondary N) is 1. The van der Waals surface area contributed by atoms with Crippen LogP contribution in [0.5, 0.6) is 5.75 Å². The molecular weight excluding hydrogens is 390 g/mol. The van der Waals surface area contributed by atoms with Crippen molar-refractivity contribution >= 4 is 37.8 Å². The van der Waals surface area contributed by atoms with Crippen molar-refractivity contribution in [2.24, 2.45) is 5.92 Å². The Morgan fingerprint density at radius 2 is 2.10 bits per heavy atom. The number of aliphatic hydroxyl groups is 1. The Morgan fingerprint density at radius 3 is 2.70 bits per heavy atom. The van der Waals surface area contributed by atoms with Crippen LogP contribution in [0.2, 0.25) is 0 Å². The fourth-order valence-electron chi connectivity index (χ4n) is 1.65. The van der Waals surface area contributed by atoms with E-state index in [1.54, 1.807) is 6.07 Å². The van der Waals surface area contributed by atoms with Crippen molar-refractivity contribution in [3.8, 4) is 5.75 Å². The van der Waals surface area contributed by atoms with Gasteiger partial charge in [-0.1, -0.05) is 29.8 Å². The van der Waals surface area contributed by atoms with Crippen LogP contribution in [0.4, 0.5) is 0 Å². The maximum Gasteiger partial charge on any atom is 0.258 e. The van der Waals surface area contributed by atoms with Crippen LogP contribution >= 0.6 is 31.9 Å². The molecule has 0 saturated heterocycles. The van der Waals surface area contributed by atoms with Crippen LogP contribution in [-0.4, -0.2) is 30.3 Å². The third kappa shape index (κ3) is 6.72. The second-order valence-electron chi connectivity index (χ2n) is 4.95. The van der Waals surface area contributed by atoms with Crippen LogP contribution in [0.25, 0.3) is 0 Å². The van der Waals surface area contributed by atoms with E-state index in [-0.39, 0.29) is 19.1 Å². The highest BCUT2D eigenvalue weighted by Crippen LogP contribution is 2.27. The van der Waals surface area contributed by atoms with E-state index in [4.69, 9.17) is 4.74 Å². The van der Waals surface area contributed by atoms with Crippen molar-refractivity contribution in [3.63, 3.8) is 0 Å². The molecule has 4 nitrogen and oxygen atoms in total. The molecule has 6 heteroatoms. The third-order valence-corrected chi connectivity index (χ3v) is 3.64. The fraction of sp³-hybridized carbons (Fsp3) is 0.500. The minimum absolute atomic E-state index is 0.0748. The van der Waals surface area contributed by atoms with Gasteiger partial charge in [-0.05, 0) is 46.5 Å². The van der Waals surface area contributed by atoms with Crippen molar-refractivity contribution in [2.75, 3.05) is 13.2 Å². The second-order valence-corrected chi connectivity index (χ2v) is 6.72. The lowest BCUT2D eigenvalue weighted by atomic mass is 10.1. The number of hydrogen-bond acceptors (Lipinski definition) is 3. The monoisotopic (exact) mass is 407 g/mol. The predicted molar refractivity (Wildman–Crippen MR) is 85.8 cm³/mol. The normalized spacial score (nSPS) is 12.3. The Kier molecular flexibility index (Phi) is 7.55. The number of halogens is 2. The van der Waals surface area contributed by atoms with Crippen LogP contribution < -0.4 is 10.1 Å². The maximum absolute atomic E-state index is 11.6. The van der Waals surface area contributed by atoms with E-state index in [0.717, 1.165) is 8.95 Å². The van der Waals surface area contributed by atoms with E-state index in [1.807, 2.05) is 26.0 Å². The number of aliphatic hydroxyl groups excluding tert-OH is 1. The van der Waals surface area contributed by atoms with Crippen LogP contribution in [0, 0.1) is 5.92 Å². The molecular formula is C14H19Br2NO3. The van der Waals surface area contributed by atoms with Crippen LogP contribution in [0.15, 0.2) is 27.1 Å². The molecule has 1 rings (SSSR count). The Bertz CT molecular complexity index is 452. The molecule has 20 heavy (non-hydrogen) atoms. The summed E-state index contributed by atoms with van der Waals surface area (Å²) in [5, 5.41) is 12.3. The van der Waals surface area contributed by atoms with Crippen LogP contribution in [0.1, 0.15) is 20.3 Å². The van der Waals surface area contributed by atoms with Crippen molar-refractivity contribution in [3.05, 3.63) is 27.1 Å². The van der Waals surface area contributed by atoms with Gasteiger partial charge in [-0.3, -0.25) is 4.79 Å². The number of carbonyl (C=O) groups excluding carboxylic acids is 1. The molecule has 0 aliphatic carbocycles. The van der Waals surface area contributed by atoms with E-state index in [2.05, 4.69) is 37.2 Å². The van der Waals surface area contributed by atoms with Crippen LogP contribution in [0.3, 0.4) is 0 Å². The van der Waals surface area contributed by atoms with Gasteiger partial charge in [0.05, 0.1) is 10.6 Å². The third-order valence-electron chi connectivity index (χ3n) is 2.53. The number of ether oxygens (including phenoxy) is 1. The molecule has 0 aliphatic heterocycles. The number of hydrogen-bond donors (Lipinski definition) is 2. The first-order valence-electron chi connectivity index (χ1n) is 6.41. The van der Waals surface area contributed by atoms with Crippen LogP contribution in [-0.2, 0) is 4.79 Å². The molecule has 1 atom stereocenters. The molecule has 0 fully saturated rings. The van der Waals surface area contributed by atoms with Gasteiger partial charge in [0.1, 0.15) is 5.75 Å². The number of rotatable bonds is 7. The first kappa shape index (κ1) is 17.5. The summed E-state index contributed by atoms with van der Waals surface area (Å²) in [5.74, 6) is 0.755. The smallest absolute Gasteiger partial charge is 0.258 e. The van der Waals surface area contributed by atoms with Crippen molar-refractivity contribution in [1.82, 2.24) is 5.32 Å². The zero-order valence-corrected chi connectivity index (χ0v) is 14.7. The predicted octanol–water partition coefficient (Wildman–Crippen LogP) is 3.11. The SMILES string of the molecule is CC(C)CC(O)CNC(=O)COc1ccc(Br)cc1Br. The second kappa shape index (κ2) is 8.64. The fourth-order valence-corrected chi connectivity index (χ4v) is 2.81. The largest absolute Gasteiger partial charge is 0.483 e. The summed E-state index contributed by atoms with van der Waals surface area (Å²) in [5.41, 5.74) is 0. The Labute approximate surface area is 136 Å². The molecule has 0 heterocycles. The van der Waals surface area contributed by atoms with Gasteiger partial charge in [0, 0.05) is 11.0 Å². The molecule has 1 aromatic rings. The Hall–Kier alpha value is -0.590. The summed E-state index contributed by atoms with van der Waals surface area (Å²) in [6, 6.07) is 5.46. The average Bonchev–Trinajstić information content (AvgIpc) is 2.34. The van der Waals surface area contributed by atoms with E-state index in [1.165, 1.54) is 0 Å². The van der Waals surface area contributed by atoms with Gasteiger partial charge in [0.2, 0.25) is 0 Å². The summed E-state index contributed by atoms with van der Waals surface area (Å²) in [6.45, 7) is 4.23. The first-order chi connectivity index (χ1) is 9.38. The zero-order chi connectivity index (χ0) is 15.1. The van der Waals surface area contributed by atoms with E-state index in [0.29, 0.717) is 18.1 Å². The van der Waals surface area contributed by atoms with Gasteiger partial charge in [-0.2, -0.15) is 0 Å². The molecule has 1 unspecified atom stereocenters. The molecule has 0 aliphatic rings. The van der Waals surface area contributed by atoms with Gasteiger partial charge in [-0.15, -0.1) is 0 Å². The lowest BCUT2D eigenvalue weighted by molar-refractivity contribution is -0.123. The number of amides is 1. The number of benzene rings is 1. The highest BCUT2D eigenvalue weighted by atomic mass is 79.9. The Morgan fingerprint density at radius 1 is 1.40 bits per heavy atom. The van der Waals surface area contributed by atoms with Gasteiger partial charge < -0.3 is 15.2 Å². The lowest BCUT2D eigenvalue weighted by Gasteiger charge is -2.14. The molecule has 0 bridgehead atoms. The highest BCUT2D eigenvalue weighted by Gasteiger charge is 2.10. The summed E-state index contributed by atoms with van der Waals surface area (Å²) in [6.07, 6.45) is 0.151. The summed E-state index contributed by atoms with van der Waals surface area (Å²) in [4.78, 5) is 11.6. The van der Waals surface area contributed by atoms with Crippen molar-refractivity contribution in [1.29, 1.82) is 0 Å². The minimum atomic E-state index is -0.515. The Balaban J connectivity index is 2.33. The summed E-state index contributed by atoms with van der Waals surface area (Å²) < 4.78 is 7.11. The molecule has 0 spiro atoms. The molecule has 0 radical (unpaired) electrons. The van der Waals surface area contributed by atoms with Gasteiger partial charge >= 0.3 is 0 Å².